The van der Waals surface area contributed by atoms with Crippen LogP contribution in [0.4, 0.5) is 0 Å². The first-order valence-electron chi connectivity index (χ1n) is 9.21. The van der Waals surface area contributed by atoms with Crippen LogP contribution in [0.1, 0.15) is 37.7 Å². The molecule has 3 rings (SSSR count). The van der Waals surface area contributed by atoms with Gasteiger partial charge in [0.25, 0.3) is 0 Å². The zero-order valence-corrected chi connectivity index (χ0v) is 15.2. The molecule has 1 spiro atoms. The number of hydrogen-bond acceptors (Lipinski definition) is 4. The van der Waals surface area contributed by atoms with Crippen LogP contribution < -0.4 is 0 Å². The van der Waals surface area contributed by atoms with Crippen molar-refractivity contribution in [3.05, 3.63) is 35.9 Å². The Labute approximate surface area is 149 Å². The maximum Gasteiger partial charge on any atom is 0.320 e. The first kappa shape index (κ1) is 17.9. The zero-order chi connectivity index (χ0) is 17.9. The number of benzene rings is 1. The standard InChI is InChI=1S/C20H28N2O3/c1-3-25-18(23)14-22-11-9-20(10-12-22)13-17(19(24)21(2)15-20)16-7-5-4-6-8-16/h4-8,17H,3,9-15H2,1-2H3/t17-/m1/s1. The van der Waals surface area contributed by atoms with Gasteiger partial charge >= 0.3 is 5.97 Å². The van der Waals surface area contributed by atoms with E-state index in [2.05, 4.69) is 17.0 Å². The maximum atomic E-state index is 12.7. The molecule has 1 atom stereocenters. The molecule has 0 saturated carbocycles. The number of esters is 1. The molecule has 136 valence electrons. The van der Waals surface area contributed by atoms with E-state index in [0.717, 1.165) is 44.5 Å². The van der Waals surface area contributed by atoms with Crippen molar-refractivity contribution in [2.24, 2.45) is 5.41 Å². The summed E-state index contributed by atoms with van der Waals surface area (Å²) in [7, 11) is 1.92. The van der Waals surface area contributed by atoms with Gasteiger partial charge < -0.3 is 9.64 Å². The minimum atomic E-state index is -0.142. The van der Waals surface area contributed by atoms with Crippen LogP contribution in [0.15, 0.2) is 30.3 Å². The van der Waals surface area contributed by atoms with Crippen molar-refractivity contribution in [1.29, 1.82) is 0 Å². The third kappa shape index (κ3) is 4.03. The van der Waals surface area contributed by atoms with Gasteiger partial charge in [-0.1, -0.05) is 30.3 Å². The fourth-order valence-corrected chi connectivity index (χ4v) is 4.31. The number of likely N-dealkylation sites (tertiary alicyclic amines) is 2. The topological polar surface area (TPSA) is 49.9 Å². The van der Waals surface area contributed by atoms with Gasteiger partial charge in [0.05, 0.1) is 19.1 Å². The van der Waals surface area contributed by atoms with Gasteiger partial charge in [0.15, 0.2) is 0 Å². The lowest BCUT2D eigenvalue weighted by Crippen LogP contribution is -2.53. The molecule has 1 aromatic rings. The highest BCUT2D eigenvalue weighted by Gasteiger charge is 2.45. The smallest absolute Gasteiger partial charge is 0.320 e. The molecule has 2 fully saturated rings. The van der Waals surface area contributed by atoms with E-state index in [1.54, 1.807) is 0 Å². The summed E-state index contributed by atoms with van der Waals surface area (Å²) in [6, 6.07) is 10.1. The van der Waals surface area contributed by atoms with Crippen molar-refractivity contribution in [2.75, 3.05) is 39.8 Å². The van der Waals surface area contributed by atoms with Crippen molar-refractivity contribution < 1.29 is 14.3 Å². The molecule has 0 aliphatic carbocycles. The summed E-state index contributed by atoms with van der Waals surface area (Å²) in [5, 5.41) is 0. The molecule has 5 heteroatoms. The van der Waals surface area contributed by atoms with Crippen molar-refractivity contribution in [3.63, 3.8) is 0 Å². The van der Waals surface area contributed by atoms with E-state index in [0.29, 0.717) is 13.2 Å². The number of piperidine rings is 2. The van der Waals surface area contributed by atoms with Gasteiger partial charge in [-0.05, 0) is 50.3 Å². The van der Waals surface area contributed by atoms with Crippen LogP contribution in [0.2, 0.25) is 0 Å². The lowest BCUT2D eigenvalue weighted by molar-refractivity contribution is -0.145. The number of ether oxygens (including phenoxy) is 1. The quantitative estimate of drug-likeness (QED) is 0.787. The van der Waals surface area contributed by atoms with E-state index in [1.807, 2.05) is 37.1 Å². The Bertz CT molecular complexity index is 609. The third-order valence-corrected chi connectivity index (χ3v) is 5.66. The predicted octanol–water partition coefficient (Wildman–Crippen LogP) is 2.28. The molecule has 5 nitrogen and oxygen atoms in total. The second kappa shape index (κ2) is 7.56. The lowest BCUT2D eigenvalue weighted by atomic mass is 9.68. The molecule has 0 N–H and O–H groups in total. The largest absolute Gasteiger partial charge is 0.465 e. The normalized spacial score (nSPS) is 23.7. The Hall–Kier alpha value is -1.88. The molecule has 25 heavy (non-hydrogen) atoms. The molecule has 0 radical (unpaired) electrons. The second-order valence-electron chi connectivity index (χ2n) is 7.44. The van der Waals surface area contributed by atoms with Crippen LogP contribution in [0, 0.1) is 5.41 Å². The SMILES string of the molecule is CCOC(=O)CN1CCC2(CC1)C[C@H](c1ccccc1)C(=O)N(C)C2. The average molecular weight is 344 g/mol. The summed E-state index contributed by atoms with van der Waals surface area (Å²) < 4.78 is 5.05. The lowest BCUT2D eigenvalue weighted by Gasteiger charge is -2.49. The van der Waals surface area contributed by atoms with Crippen LogP contribution >= 0.6 is 0 Å². The van der Waals surface area contributed by atoms with E-state index in [-0.39, 0.29) is 23.2 Å². The highest BCUT2D eigenvalue weighted by Crippen LogP contribution is 2.45. The van der Waals surface area contributed by atoms with Crippen molar-refractivity contribution in [1.82, 2.24) is 9.80 Å². The third-order valence-electron chi connectivity index (χ3n) is 5.66. The average Bonchev–Trinajstić information content (AvgIpc) is 2.61. The van der Waals surface area contributed by atoms with Gasteiger partial charge in [-0.15, -0.1) is 0 Å². The van der Waals surface area contributed by atoms with Crippen molar-refractivity contribution in [2.45, 2.75) is 32.1 Å². The summed E-state index contributed by atoms with van der Waals surface area (Å²) in [6.45, 7) is 5.25. The molecular formula is C20H28N2O3. The number of hydrogen-bond donors (Lipinski definition) is 0. The Morgan fingerprint density at radius 3 is 2.56 bits per heavy atom. The Morgan fingerprint density at radius 2 is 1.92 bits per heavy atom. The first-order valence-corrected chi connectivity index (χ1v) is 9.21. The summed E-state index contributed by atoms with van der Waals surface area (Å²) in [5.41, 5.74) is 1.28. The van der Waals surface area contributed by atoms with Crippen LogP contribution in [0.25, 0.3) is 0 Å². The Kier molecular flexibility index (Phi) is 5.42. The molecule has 2 saturated heterocycles. The Morgan fingerprint density at radius 1 is 1.24 bits per heavy atom. The molecule has 0 unspecified atom stereocenters. The molecule has 1 aromatic carbocycles. The van der Waals surface area contributed by atoms with Crippen LogP contribution in [0.3, 0.4) is 0 Å². The summed E-state index contributed by atoms with van der Waals surface area (Å²) in [4.78, 5) is 28.5. The number of carbonyl (C=O) groups excluding carboxylic acids is 2. The summed E-state index contributed by atoms with van der Waals surface area (Å²) in [6.07, 6.45) is 2.95. The number of likely N-dealkylation sites (N-methyl/N-ethyl adjacent to an activating group) is 1. The van der Waals surface area contributed by atoms with E-state index in [9.17, 15) is 9.59 Å². The van der Waals surface area contributed by atoms with Crippen molar-refractivity contribution >= 4 is 11.9 Å². The molecule has 2 heterocycles. The fraction of sp³-hybridized carbons (Fsp3) is 0.600. The molecule has 0 aromatic heterocycles. The number of carbonyl (C=O) groups is 2. The van der Waals surface area contributed by atoms with E-state index < -0.39 is 0 Å². The molecule has 0 bridgehead atoms. The van der Waals surface area contributed by atoms with Gasteiger partial charge in [0.1, 0.15) is 0 Å². The second-order valence-corrected chi connectivity index (χ2v) is 7.44. The van der Waals surface area contributed by atoms with Gasteiger partial charge in [-0.25, -0.2) is 0 Å². The van der Waals surface area contributed by atoms with E-state index >= 15 is 0 Å². The first-order chi connectivity index (χ1) is 12.0. The maximum absolute atomic E-state index is 12.7. The molecule has 1 amide bonds. The molecular weight excluding hydrogens is 316 g/mol. The molecule has 2 aliphatic rings. The van der Waals surface area contributed by atoms with Gasteiger partial charge in [0, 0.05) is 13.6 Å². The van der Waals surface area contributed by atoms with Crippen LogP contribution in [-0.4, -0.2) is 61.5 Å². The van der Waals surface area contributed by atoms with Gasteiger partial charge in [-0.3, -0.25) is 14.5 Å². The monoisotopic (exact) mass is 344 g/mol. The number of nitrogens with zero attached hydrogens (tertiary/aromatic N) is 2. The highest BCUT2D eigenvalue weighted by molar-refractivity contribution is 5.84. The van der Waals surface area contributed by atoms with Crippen LogP contribution in [0.5, 0.6) is 0 Å². The minimum absolute atomic E-state index is 0.0449. The zero-order valence-electron chi connectivity index (χ0n) is 15.2. The fourth-order valence-electron chi connectivity index (χ4n) is 4.31. The number of rotatable bonds is 4. The van der Waals surface area contributed by atoms with E-state index in [4.69, 9.17) is 4.74 Å². The predicted molar refractivity (Wildman–Crippen MR) is 96.2 cm³/mol. The van der Waals surface area contributed by atoms with Gasteiger partial charge in [0.2, 0.25) is 5.91 Å². The van der Waals surface area contributed by atoms with E-state index in [1.165, 1.54) is 0 Å². The van der Waals surface area contributed by atoms with Gasteiger partial charge in [-0.2, -0.15) is 0 Å². The van der Waals surface area contributed by atoms with Crippen molar-refractivity contribution in [3.8, 4) is 0 Å². The van der Waals surface area contributed by atoms with Crippen LogP contribution in [-0.2, 0) is 14.3 Å². The number of amides is 1. The Balaban J connectivity index is 1.66. The molecule has 2 aliphatic heterocycles. The minimum Gasteiger partial charge on any atom is -0.465 e. The summed E-state index contributed by atoms with van der Waals surface area (Å²) >= 11 is 0. The highest BCUT2D eigenvalue weighted by atomic mass is 16.5. The summed E-state index contributed by atoms with van der Waals surface area (Å²) in [5.74, 6) is 0.0406.